The molecular weight excluding hydrogens is 318 g/mol. The number of hydrogen-bond acceptors (Lipinski definition) is 5. The lowest BCUT2D eigenvalue weighted by molar-refractivity contribution is 0.0955. The van der Waals surface area contributed by atoms with Crippen LogP contribution in [0.5, 0.6) is 17.2 Å². The number of ether oxygens (including phenoxy) is 1. The van der Waals surface area contributed by atoms with E-state index < -0.39 is 0 Å². The monoisotopic (exact) mass is 333 g/mol. The SMILES string of the molecule is O=C(N/N=C/c1ccc(Oc2ccccc2)c(O)c1)c1ccncc1. The van der Waals surface area contributed by atoms with E-state index >= 15 is 0 Å². The van der Waals surface area contributed by atoms with Crippen LogP contribution in [-0.2, 0) is 0 Å². The fraction of sp³-hybridized carbons (Fsp3) is 0. The molecule has 0 atom stereocenters. The predicted octanol–water partition coefficient (Wildman–Crippen LogP) is 3.34. The molecule has 0 saturated carbocycles. The van der Waals surface area contributed by atoms with Crippen LogP contribution in [0.2, 0.25) is 0 Å². The van der Waals surface area contributed by atoms with Gasteiger partial charge in [0.25, 0.3) is 5.91 Å². The third kappa shape index (κ3) is 4.42. The van der Waals surface area contributed by atoms with Crippen LogP contribution in [-0.4, -0.2) is 22.2 Å². The summed E-state index contributed by atoms with van der Waals surface area (Å²) in [5.41, 5.74) is 3.49. The van der Waals surface area contributed by atoms with Gasteiger partial charge in [0, 0.05) is 18.0 Å². The minimum Gasteiger partial charge on any atom is -0.504 e. The maximum atomic E-state index is 11.8. The average Bonchev–Trinajstić information content (AvgIpc) is 2.65. The molecule has 0 unspecified atom stereocenters. The summed E-state index contributed by atoms with van der Waals surface area (Å²) in [5, 5.41) is 13.9. The number of aromatic hydroxyl groups is 1. The molecule has 0 fully saturated rings. The second kappa shape index (κ2) is 7.74. The number of benzene rings is 2. The first kappa shape index (κ1) is 16.2. The molecule has 0 bridgehead atoms. The Morgan fingerprint density at radius 1 is 1.08 bits per heavy atom. The Labute approximate surface area is 144 Å². The Balaban J connectivity index is 1.63. The Kier molecular flexibility index (Phi) is 5.01. The second-order valence-electron chi connectivity index (χ2n) is 5.08. The van der Waals surface area contributed by atoms with Crippen molar-refractivity contribution in [3.05, 3.63) is 84.2 Å². The van der Waals surface area contributed by atoms with Gasteiger partial charge in [0.15, 0.2) is 11.5 Å². The number of carbonyl (C=O) groups excluding carboxylic acids is 1. The lowest BCUT2D eigenvalue weighted by atomic mass is 10.2. The highest BCUT2D eigenvalue weighted by molar-refractivity contribution is 5.94. The fourth-order valence-corrected chi connectivity index (χ4v) is 2.05. The number of hydrazone groups is 1. The summed E-state index contributed by atoms with van der Waals surface area (Å²) in [6.45, 7) is 0. The zero-order valence-corrected chi connectivity index (χ0v) is 13.2. The molecular formula is C19H15N3O3. The molecule has 0 saturated heterocycles. The number of para-hydroxylation sites is 1. The quantitative estimate of drug-likeness (QED) is 0.554. The molecule has 6 nitrogen and oxygen atoms in total. The van der Waals surface area contributed by atoms with Crippen LogP contribution in [0, 0.1) is 0 Å². The number of rotatable bonds is 5. The van der Waals surface area contributed by atoms with Crippen LogP contribution < -0.4 is 10.2 Å². The number of nitrogens with one attached hydrogen (secondary N) is 1. The summed E-state index contributed by atoms with van der Waals surface area (Å²) in [4.78, 5) is 15.7. The van der Waals surface area contributed by atoms with Crippen molar-refractivity contribution in [2.45, 2.75) is 0 Å². The van der Waals surface area contributed by atoms with E-state index in [-0.39, 0.29) is 11.7 Å². The number of hydrogen-bond donors (Lipinski definition) is 2. The predicted molar refractivity (Wildman–Crippen MR) is 93.9 cm³/mol. The number of carbonyl (C=O) groups is 1. The van der Waals surface area contributed by atoms with Crippen LogP contribution in [0.25, 0.3) is 0 Å². The summed E-state index contributed by atoms with van der Waals surface area (Å²) in [6, 6.07) is 17.2. The number of nitrogens with zero attached hydrogens (tertiary/aromatic N) is 2. The lowest BCUT2D eigenvalue weighted by Crippen LogP contribution is -2.17. The van der Waals surface area contributed by atoms with Crippen molar-refractivity contribution in [1.82, 2.24) is 10.4 Å². The van der Waals surface area contributed by atoms with Crippen LogP contribution in [0.4, 0.5) is 0 Å². The molecule has 0 spiro atoms. The van der Waals surface area contributed by atoms with E-state index in [1.807, 2.05) is 18.2 Å². The van der Waals surface area contributed by atoms with Gasteiger partial charge in [0.2, 0.25) is 0 Å². The zero-order valence-electron chi connectivity index (χ0n) is 13.2. The van der Waals surface area contributed by atoms with E-state index in [1.165, 1.54) is 24.7 Å². The third-order valence-corrected chi connectivity index (χ3v) is 3.28. The largest absolute Gasteiger partial charge is 0.504 e. The Morgan fingerprint density at radius 3 is 2.56 bits per heavy atom. The van der Waals surface area contributed by atoms with Gasteiger partial charge in [-0.2, -0.15) is 5.10 Å². The molecule has 0 aliphatic rings. The van der Waals surface area contributed by atoms with Crippen LogP contribution in [0.1, 0.15) is 15.9 Å². The van der Waals surface area contributed by atoms with Gasteiger partial charge in [-0.15, -0.1) is 0 Å². The fourth-order valence-electron chi connectivity index (χ4n) is 2.05. The van der Waals surface area contributed by atoms with E-state index in [4.69, 9.17) is 4.74 Å². The maximum Gasteiger partial charge on any atom is 0.271 e. The summed E-state index contributed by atoms with van der Waals surface area (Å²) in [5.74, 6) is 0.605. The number of pyridine rings is 1. The van der Waals surface area contributed by atoms with Crippen molar-refractivity contribution in [1.29, 1.82) is 0 Å². The molecule has 1 heterocycles. The third-order valence-electron chi connectivity index (χ3n) is 3.28. The van der Waals surface area contributed by atoms with E-state index in [0.717, 1.165) is 0 Å². The Hall–Kier alpha value is -3.67. The molecule has 1 amide bonds. The van der Waals surface area contributed by atoms with E-state index in [2.05, 4.69) is 15.5 Å². The zero-order chi connectivity index (χ0) is 17.5. The standard InChI is InChI=1S/C19H15N3O3/c23-17-12-14(6-7-18(17)25-16-4-2-1-3-5-16)13-21-22-19(24)15-8-10-20-11-9-15/h1-13,23H,(H,22,24)/b21-13+. The van der Waals surface area contributed by atoms with E-state index in [9.17, 15) is 9.90 Å². The number of aromatic nitrogens is 1. The lowest BCUT2D eigenvalue weighted by Gasteiger charge is -2.07. The van der Waals surface area contributed by atoms with Gasteiger partial charge in [-0.1, -0.05) is 18.2 Å². The van der Waals surface area contributed by atoms with Gasteiger partial charge in [-0.25, -0.2) is 5.43 Å². The minimum atomic E-state index is -0.341. The first-order valence-electron chi connectivity index (χ1n) is 7.52. The highest BCUT2D eigenvalue weighted by atomic mass is 16.5. The molecule has 6 heteroatoms. The smallest absolute Gasteiger partial charge is 0.271 e. The van der Waals surface area contributed by atoms with Gasteiger partial charge in [-0.05, 0) is 48.0 Å². The second-order valence-corrected chi connectivity index (χ2v) is 5.08. The maximum absolute atomic E-state index is 11.8. The Bertz CT molecular complexity index is 881. The number of amides is 1. The first-order chi connectivity index (χ1) is 12.2. The van der Waals surface area contributed by atoms with Crippen LogP contribution in [0.3, 0.4) is 0 Å². The highest BCUT2D eigenvalue weighted by Crippen LogP contribution is 2.30. The molecule has 124 valence electrons. The molecule has 0 aliphatic carbocycles. The van der Waals surface area contributed by atoms with Gasteiger partial charge >= 0.3 is 0 Å². The highest BCUT2D eigenvalue weighted by Gasteiger charge is 2.05. The van der Waals surface area contributed by atoms with Gasteiger partial charge in [0.1, 0.15) is 5.75 Å². The molecule has 1 aromatic heterocycles. The van der Waals surface area contributed by atoms with Crippen molar-refractivity contribution in [3.63, 3.8) is 0 Å². The number of phenolic OH excluding ortho intramolecular Hbond substituents is 1. The normalized spacial score (nSPS) is 10.6. The molecule has 25 heavy (non-hydrogen) atoms. The van der Waals surface area contributed by atoms with E-state index in [0.29, 0.717) is 22.6 Å². The molecule has 3 rings (SSSR count). The summed E-state index contributed by atoms with van der Waals surface area (Å²) in [7, 11) is 0. The van der Waals surface area contributed by atoms with E-state index in [1.54, 1.807) is 36.4 Å². The van der Waals surface area contributed by atoms with Crippen molar-refractivity contribution < 1.29 is 14.6 Å². The summed E-state index contributed by atoms with van der Waals surface area (Å²) in [6.07, 6.45) is 4.50. The topological polar surface area (TPSA) is 83.8 Å². The van der Waals surface area contributed by atoms with Crippen molar-refractivity contribution in [2.24, 2.45) is 5.10 Å². The van der Waals surface area contributed by atoms with Crippen LogP contribution in [0.15, 0.2) is 78.2 Å². The van der Waals surface area contributed by atoms with Gasteiger partial charge < -0.3 is 9.84 Å². The number of phenols is 1. The van der Waals surface area contributed by atoms with Gasteiger partial charge in [0.05, 0.1) is 6.21 Å². The Morgan fingerprint density at radius 2 is 1.84 bits per heavy atom. The van der Waals surface area contributed by atoms with Crippen LogP contribution >= 0.6 is 0 Å². The molecule has 2 N–H and O–H groups in total. The summed E-state index contributed by atoms with van der Waals surface area (Å²) < 4.78 is 5.59. The molecule has 0 radical (unpaired) electrons. The van der Waals surface area contributed by atoms with Crippen molar-refractivity contribution in [2.75, 3.05) is 0 Å². The summed E-state index contributed by atoms with van der Waals surface area (Å²) >= 11 is 0. The minimum absolute atomic E-state index is 0.0201. The van der Waals surface area contributed by atoms with Gasteiger partial charge in [-0.3, -0.25) is 9.78 Å². The average molecular weight is 333 g/mol. The molecule has 0 aliphatic heterocycles. The first-order valence-corrected chi connectivity index (χ1v) is 7.52. The van der Waals surface area contributed by atoms with Crippen molar-refractivity contribution in [3.8, 4) is 17.2 Å². The van der Waals surface area contributed by atoms with Crippen molar-refractivity contribution >= 4 is 12.1 Å². The molecule has 2 aromatic carbocycles. The molecule has 3 aromatic rings.